The van der Waals surface area contributed by atoms with Crippen LogP contribution in [0.25, 0.3) is 0 Å². The first-order valence-corrected chi connectivity index (χ1v) is 8.75. The predicted octanol–water partition coefficient (Wildman–Crippen LogP) is 1.92. The standard InChI is InChI=1S/C16H17N3O3S/c1-2-11-6-5-7-12(10-11)17-16(20)15-18-13-8-3-4-9-14(13)23(21,22)19-15/h3-10,15,18-19H,2H2,1H3,(H,17,20)/t15-/m0/s1. The molecule has 120 valence electrons. The first-order chi connectivity index (χ1) is 11.0. The number of rotatable bonds is 3. The van der Waals surface area contributed by atoms with Gasteiger partial charge in [-0.2, -0.15) is 4.72 Å². The fourth-order valence-corrected chi connectivity index (χ4v) is 3.70. The minimum atomic E-state index is -3.71. The van der Waals surface area contributed by atoms with Gasteiger partial charge in [0.1, 0.15) is 4.90 Å². The Hall–Kier alpha value is -2.38. The van der Waals surface area contributed by atoms with E-state index in [1.54, 1.807) is 24.3 Å². The number of aryl methyl sites for hydroxylation is 1. The summed E-state index contributed by atoms with van der Waals surface area (Å²) in [4.78, 5) is 12.5. The van der Waals surface area contributed by atoms with Crippen molar-refractivity contribution in [2.45, 2.75) is 24.4 Å². The number of hydrogen-bond acceptors (Lipinski definition) is 4. The first kappa shape index (κ1) is 15.5. The molecular weight excluding hydrogens is 314 g/mol. The van der Waals surface area contributed by atoms with Crippen molar-refractivity contribution in [2.75, 3.05) is 10.6 Å². The molecule has 0 bridgehead atoms. The summed E-state index contributed by atoms with van der Waals surface area (Å²) in [5.41, 5.74) is 2.13. The van der Waals surface area contributed by atoms with E-state index in [-0.39, 0.29) is 4.90 Å². The summed E-state index contributed by atoms with van der Waals surface area (Å²) in [5.74, 6) is -0.462. The maximum absolute atomic E-state index is 12.4. The van der Waals surface area contributed by atoms with Crippen molar-refractivity contribution in [3.8, 4) is 0 Å². The quantitative estimate of drug-likeness (QED) is 0.802. The zero-order chi connectivity index (χ0) is 16.4. The number of benzene rings is 2. The van der Waals surface area contributed by atoms with Crippen molar-refractivity contribution in [1.29, 1.82) is 0 Å². The number of amides is 1. The van der Waals surface area contributed by atoms with Gasteiger partial charge in [-0.3, -0.25) is 4.79 Å². The predicted molar refractivity (Wildman–Crippen MR) is 88.6 cm³/mol. The minimum Gasteiger partial charge on any atom is -0.360 e. The lowest BCUT2D eigenvalue weighted by molar-refractivity contribution is -0.117. The molecule has 7 heteroatoms. The summed E-state index contributed by atoms with van der Waals surface area (Å²) in [6, 6.07) is 13.9. The fraction of sp³-hybridized carbons (Fsp3) is 0.188. The van der Waals surface area contributed by atoms with E-state index in [9.17, 15) is 13.2 Å². The number of carbonyl (C=O) groups is 1. The second-order valence-electron chi connectivity index (χ2n) is 5.24. The molecule has 1 heterocycles. The molecule has 1 aliphatic rings. The molecule has 2 aromatic carbocycles. The lowest BCUT2D eigenvalue weighted by Crippen LogP contribution is -2.51. The van der Waals surface area contributed by atoms with E-state index >= 15 is 0 Å². The molecule has 0 aromatic heterocycles. The second-order valence-corrected chi connectivity index (χ2v) is 6.92. The molecule has 1 atom stereocenters. The maximum Gasteiger partial charge on any atom is 0.262 e. The zero-order valence-corrected chi connectivity index (χ0v) is 13.4. The number of hydrogen-bond donors (Lipinski definition) is 3. The third-order valence-electron chi connectivity index (χ3n) is 3.61. The van der Waals surface area contributed by atoms with Gasteiger partial charge in [-0.25, -0.2) is 8.42 Å². The highest BCUT2D eigenvalue weighted by molar-refractivity contribution is 7.89. The zero-order valence-electron chi connectivity index (χ0n) is 12.5. The molecule has 0 spiro atoms. The minimum absolute atomic E-state index is 0.136. The fourth-order valence-electron chi connectivity index (χ4n) is 2.43. The van der Waals surface area contributed by atoms with E-state index in [0.29, 0.717) is 11.4 Å². The molecule has 1 aliphatic heterocycles. The summed E-state index contributed by atoms with van der Waals surface area (Å²) in [6.07, 6.45) is -0.203. The van der Waals surface area contributed by atoms with E-state index < -0.39 is 22.1 Å². The number of nitrogens with one attached hydrogen (secondary N) is 3. The average Bonchev–Trinajstić information content (AvgIpc) is 2.54. The molecule has 3 N–H and O–H groups in total. The Morgan fingerprint density at radius 3 is 2.74 bits per heavy atom. The van der Waals surface area contributed by atoms with E-state index in [2.05, 4.69) is 15.4 Å². The van der Waals surface area contributed by atoms with Crippen molar-refractivity contribution in [3.05, 3.63) is 54.1 Å². The molecule has 0 radical (unpaired) electrons. The average molecular weight is 331 g/mol. The van der Waals surface area contributed by atoms with Crippen molar-refractivity contribution in [3.63, 3.8) is 0 Å². The van der Waals surface area contributed by atoms with Gasteiger partial charge in [0.2, 0.25) is 10.0 Å². The van der Waals surface area contributed by atoms with Crippen LogP contribution in [0.5, 0.6) is 0 Å². The second kappa shape index (κ2) is 6.02. The lowest BCUT2D eigenvalue weighted by Gasteiger charge is -2.27. The number of fused-ring (bicyclic) bond motifs is 1. The molecule has 6 nitrogen and oxygen atoms in total. The summed E-state index contributed by atoms with van der Waals surface area (Å²) in [6.45, 7) is 2.02. The summed E-state index contributed by atoms with van der Waals surface area (Å²) in [7, 11) is -3.71. The smallest absolute Gasteiger partial charge is 0.262 e. The Labute approximate surface area is 135 Å². The third kappa shape index (κ3) is 3.20. The SMILES string of the molecule is CCc1cccc(NC(=O)[C@H]2Nc3ccccc3S(=O)(=O)N2)c1. The van der Waals surface area contributed by atoms with E-state index in [4.69, 9.17) is 0 Å². The Morgan fingerprint density at radius 2 is 1.96 bits per heavy atom. The Bertz CT molecular complexity index is 849. The highest BCUT2D eigenvalue weighted by Crippen LogP contribution is 2.25. The number of para-hydroxylation sites is 1. The monoisotopic (exact) mass is 331 g/mol. The van der Waals surface area contributed by atoms with Crippen molar-refractivity contribution in [2.24, 2.45) is 0 Å². The molecular formula is C16H17N3O3S. The molecule has 0 unspecified atom stereocenters. The normalized spacial score (nSPS) is 18.6. The van der Waals surface area contributed by atoms with Crippen LogP contribution in [0.4, 0.5) is 11.4 Å². The van der Waals surface area contributed by atoms with Crippen LogP contribution in [0, 0.1) is 0 Å². The summed E-state index contributed by atoms with van der Waals surface area (Å²) in [5, 5.41) is 5.63. The van der Waals surface area contributed by atoms with Gasteiger partial charge in [-0.1, -0.05) is 31.2 Å². The van der Waals surface area contributed by atoms with Crippen LogP contribution in [0.1, 0.15) is 12.5 Å². The molecule has 23 heavy (non-hydrogen) atoms. The van der Waals surface area contributed by atoms with Gasteiger partial charge in [0.05, 0.1) is 5.69 Å². The van der Waals surface area contributed by atoms with E-state index in [1.807, 2.05) is 25.1 Å². The van der Waals surface area contributed by atoms with Crippen molar-refractivity contribution < 1.29 is 13.2 Å². The summed E-state index contributed by atoms with van der Waals surface area (Å²) >= 11 is 0. The highest BCUT2D eigenvalue weighted by Gasteiger charge is 2.32. The Balaban J connectivity index is 1.81. The van der Waals surface area contributed by atoms with Crippen LogP contribution in [-0.2, 0) is 21.2 Å². The van der Waals surface area contributed by atoms with E-state index in [0.717, 1.165) is 12.0 Å². The van der Waals surface area contributed by atoms with Crippen LogP contribution in [-0.4, -0.2) is 20.5 Å². The largest absolute Gasteiger partial charge is 0.360 e. The highest BCUT2D eigenvalue weighted by atomic mass is 32.2. The van der Waals surface area contributed by atoms with Gasteiger partial charge in [-0.05, 0) is 36.2 Å². The van der Waals surface area contributed by atoms with Gasteiger partial charge >= 0.3 is 0 Å². The number of anilines is 2. The Morgan fingerprint density at radius 1 is 1.17 bits per heavy atom. The molecule has 0 fully saturated rings. The third-order valence-corrected chi connectivity index (χ3v) is 5.10. The van der Waals surface area contributed by atoms with Crippen LogP contribution >= 0.6 is 0 Å². The molecule has 0 aliphatic carbocycles. The van der Waals surface area contributed by atoms with E-state index in [1.165, 1.54) is 6.07 Å². The lowest BCUT2D eigenvalue weighted by atomic mass is 10.1. The maximum atomic E-state index is 12.4. The van der Waals surface area contributed by atoms with Crippen molar-refractivity contribution >= 4 is 27.3 Å². The Kier molecular flexibility index (Phi) is 4.06. The first-order valence-electron chi connectivity index (χ1n) is 7.27. The van der Waals surface area contributed by atoms with Crippen molar-refractivity contribution in [1.82, 2.24) is 4.72 Å². The number of carbonyl (C=O) groups excluding carboxylic acids is 1. The molecule has 2 aromatic rings. The van der Waals surface area contributed by atoms with Crippen LogP contribution in [0.15, 0.2) is 53.4 Å². The van der Waals surface area contributed by atoms with Crippen LogP contribution in [0.3, 0.4) is 0 Å². The van der Waals surface area contributed by atoms with Gasteiger partial charge in [-0.15, -0.1) is 0 Å². The topological polar surface area (TPSA) is 87.3 Å². The van der Waals surface area contributed by atoms with Crippen LogP contribution < -0.4 is 15.4 Å². The van der Waals surface area contributed by atoms with Crippen LogP contribution in [0.2, 0.25) is 0 Å². The van der Waals surface area contributed by atoms with Gasteiger partial charge in [0, 0.05) is 5.69 Å². The molecule has 0 saturated heterocycles. The number of sulfonamides is 1. The van der Waals surface area contributed by atoms with Gasteiger partial charge in [0.15, 0.2) is 6.17 Å². The molecule has 0 saturated carbocycles. The molecule has 3 rings (SSSR count). The molecule has 1 amide bonds. The van der Waals surface area contributed by atoms with Gasteiger partial charge in [0.25, 0.3) is 5.91 Å². The summed E-state index contributed by atoms with van der Waals surface area (Å²) < 4.78 is 26.8. The van der Waals surface area contributed by atoms with Gasteiger partial charge < -0.3 is 10.6 Å².